The largest absolute Gasteiger partial charge is 0.389 e. The van der Waals surface area contributed by atoms with Crippen LogP contribution in [0.3, 0.4) is 0 Å². The van der Waals surface area contributed by atoms with Crippen molar-refractivity contribution in [2.45, 2.75) is 24.9 Å². The smallest absolute Gasteiger partial charge is 0.254 e. The molecule has 0 radical (unpaired) electrons. The fraction of sp³-hybridized carbons (Fsp3) is 0.261. The molecule has 1 fully saturated rings. The van der Waals surface area contributed by atoms with Gasteiger partial charge in [0.25, 0.3) is 5.91 Å². The normalized spacial score (nSPS) is 16.0. The third-order valence-electron chi connectivity index (χ3n) is 5.37. The number of rotatable bonds is 4. The molecule has 3 aromatic rings. The Hall–Kier alpha value is -3.05. The Morgan fingerprint density at radius 3 is 2.39 bits per heavy atom. The highest BCUT2D eigenvalue weighted by Crippen LogP contribution is 2.29. The number of aliphatic hydroxyl groups is 1. The van der Waals surface area contributed by atoms with Crippen LogP contribution in [0.1, 0.15) is 28.9 Å². The van der Waals surface area contributed by atoms with Crippen molar-refractivity contribution in [2.24, 2.45) is 0 Å². The molecule has 0 saturated carbocycles. The van der Waals surface area contributed by atoms with Gasteiger partial charge in [0.1, 0.15) is 0 Å². The van der Waals surface area contributed by atoms with Gasteiger partial charge >= 0.3 is 0 Å². The van der Waals surface area contributed by atoms with Gasteiger partial charge in [-0.05, 0) is 54.3 Å². The second kappa shape index (κ2) is 7.90. The molecule has 1 aromatic carbocycles. The van der Waals surface area contributed by atoms with Crippen LogP contribution in [-0.2, 0) is 6.42 Å². The first kappa shape index (κ1) is 18.3. The van der Waals surface area contributed by atoms with E-state index in [0.29, 0.717) is 37.9 Å². The van der Waals surface area contributed by atoms with E-state index in [2.05, 4.69) is 9.97 Å². The molecule has 1 aliphatic heterocycles. The van der Waals surface area contributed by atoms with Gasteiger partial charge in [-0.2, -0.15) is 0 Å². The summed E-state index contributed by atoms with van der Waals surface area (Å²) in [6, 6.07) is 17.2. The van der Waals surface area contributed by atoms with Crippen molar-refractivity contribution in [2.75, 3.05) is 13.1 Å². The van der Waals surface area contributed by atoms with Crippen molar-refractivity contribution in [3.63, 3.8) is 0 Å². The van der Waals surface area contributed by atoms with Crippen molar-refractivity contribution >= 4 is 5.91 Å². The SMILES string of the molecule is O=C(c1ccccc1-c1ccncc1)N1CCC(O)(Cc2ccccn2)CC1. The van der Waals surface area contributed by atoms with Gasteiger partial charge in [0.2, 0.25) is 0 Å². The number of nitrogens with zero attached hydrogens (tertiary/aromatic N) is 3. The zero-order chi connectivity index (χ0) is 19.4. The van der Waals surface area contributed by atoms with E-state index in [-0.39, 0.29) is 5.91 Å². The Labute approximate surface area is 164 Å². The van der Waals surface area contributed by atoms with E-state index in [1.54, 1.807) is 18.6 Å². The number of carbonyl (C=O) groups excluding carboxylic acids is 1. The molecule has 2 aromatic heterocycles. The van der Waals surface area contributed by atoms with Crippen molar-refractivity contribution in [3.8, 4) is 11.1 Å². The van der Waals surface area contributed by atoms with Crippen LogP contribution in [-0.4, -0.2) is 44.6 Å². The standard InChI is InChI=1S/C23H23N3O2/c27-22(21-7-2-1-6-20(21)18-8-13-24-14-9-18)26-15-10-23(28,11-16-26)17-19-5-3-4-12-25-19/h1-9,12-14,28H,10-11,15-17H2. The van der Waals surface area contributed by atoms with Crippen molar-refractivity contribution < 1.29 is 9.90 Å². The lowest BCUT2D eigenvalue weighted by Crippen LogP contribution is -2.48. The summed E-state index contributed by atoms with van der Waals surface area (Å²) in [5.41, 5.74) is 2.64. The average molecular weight is 373 g/mol. The van der Waals surface area contributed by atoms with Crippen molar-refractivity contribution in [3.05, 3.63) is 84.4 Å². The maximum absolute atomic E-state index is 13.2. The monoisotopic (exact) mass is 373 g/mol. The highest BCUT2D eigenvalue weighted by Gasteiger charge is 2.35. The van der Waals surface area contributed by atoms with Crippen LogP contribution in [0.5, 0.6) is 0 Å². The van der Waals surface area contributed by atoms with Gasteiger partial charge in [0.05, 0.1) is 5.60 Å². The van der Waals surface area contributed by atoms with Crippen LogP contribution in [0.2, 0.25) is 0 Å². The van der Waals surface area contributed by atoms with Crippen LogP contribution >= 0.6 is 0 Å². The van der Waals surface area contributed by atoms with Crippen molar-refractivity contribution in [1.82, 2.24) is 14.9 Å². The van der Waals surface area contributed by atoms with Crippen LogP contribution in [0.15, 0.2) is 73.2 Å². The quantitative estimate of drug-likeness (QED) is 0.762. The first-order valence-corrected chi connectivity index (χ1v) is 9.56. The number of hydrogen-bond donors (Lipinski definition) is 1. The summed E-state index contributed by atoms with van der Waals surface area (Å²) in [6.07, 6.45) is 6.82. The van der Waals surface area contributed by atoms with E-state index in [0.717, 1.165) is 16.8 Å². The summed E-state index contributed by atoms with van der Waals surface area (Å²) in [7, 11) is 0. The Kier molecular flexibility index (Phi) is 5.17. The van der Waals surface area contributed by atoms with Gasteiger partial charge in [-0.3, -0.25) is 14.8 Å². The van der Waals surface area contributed by atoms with E-state index in [4.69, 9.17) is 0 Å². The van der Waals surface area contributed by atoms with E-state index >= 15 is 0 Å². The lowest BCUT2D eigenvalue weighted by molar-refractivity contribution is -0.0168. The second-order valence-electron chi connectivity index (χ2n) is 7.30. The average Bonchev–Trinajstić information content (AvgIpc) is 2.75. The van der Waals surface area contributed by atoms with Crippen LogP contribution in [0.25, 0.3) is 11.1 Å². The molecule has 142 valence electrons. The minimum Gasteiger partial charge on any atom is -0.389 e. The lowest BCUT2D eigenvalue weighted by Gasteiger charge is -2.38. The number of benzene rings is 1. The van der Waals surface area contributed by atoms with E-state index < -0.39 is 5.60 Å². The molecule has 0 spiro atoms. The van der Waals surface area contributed by atoms with E-state index in [1.807, 2.05) is 59.5 Å². The predicted octanol–water partition coefficient (Wildman–Crippen LogP) is 3.35. The molecule has 4 rings (SSSR count). The molecule has 1 N–H and O–H groups in total. The summed E-state index contributed by atoms with van der Waals surface area (Å²) >= 11 is 0. The molecule has 5 heteroatoms. The molecule has 3 heterocycles. The third kappa shape index (κ3) is 3.94. The molecule has 1 saturated heterocycles. The Bertz CT molecular complexity index is 936. The number of likely N-dealkylation sites (tertiary alicyclic amines) is 1. The highest BCUT2D eigenvalue weighted by molar-refractivity contribution is 6.00. The van der Waals surface area contributed by atoms with E-state index in [1.165, 1.54) is 0 Å². The predicted molar refractivity (Wildman–Crippen MR) is 108 cm³/mol. The fourth-order valence-corrected chi connectivity index (χ4v) is 3.77. The molecular formula is C23H23N3O2. The fourth-order valence-electron chi connectivity index (χ4n) is 3.77. The molecule has 0 atom stereocenters. The topological polar surface area (TPSA) is 66.3 Å². The number of aromatic nitrogens is 2. The Morgan fingerprint density at radius 2 is 1.68 bits per heavy atom. The lowest BCUT2D eigenvalue weighted by atomic mass is 9.86. The van der Waals surface area contributed by atoms with Gasteiger partial charge < -0.3 is 10.0 Å². The summed E-state index contributed by atoms with van der Waals surface area (Å²) in [6.45, 7) is 1.07. The number of carbonyl (C=O) groups is 1. The highest BCUT2D eigenvalue weighted by atomic mass is 16.3. The van der Waals surface area contributed by atoms with Gasteiger partial charge in [0.15, 0.2) is 0 Å². The summed E-state index contributed by atoms with van der Waals surface area (Å²) in [4.78, 5) is 23.4. The Balaban J connectivity index is 1.48. The van der Waals surface area contributed by atoms with Crippen molar-refractivity contribution in [1.29, 1.82) is 0 Å². The van der Waals surface area contributed by atoms with Gasteiger partial charge in [-0.1, -0.05) is 24.3 Å². The number of amides is 1. The molecule has 0 bridgehead atoms. The molecular weight excluding hydrogens is 350 g/mol. The summed E-state index contributed by atoms with van der Waals surface area (Å²) in [5, 5.41) is 10.9. The summed E-state index contributed by atoms with van der Waals surface area (Å²) < 4.78 is 0. The summed E-state index contributed by atoms with van der Waals surface area (Å²) in [5.74, 6) is 0.00676. The zero-order valence-electron chi connectivity index (χ0n) is 15.7. The number of pyridine rings is 2. The minimum absolute atomic E-state index is 0.00676. The number of piperidine rings is 1. The zero-order valence-corrected chi connectivity index (χ0v) is 15.7. The first-order valence-electron chi connectivity index (χ1n) is 9.56. The van der Waals surface area contributed by atoms with Gasteiger partial charge in [-0.25, -0.2) is 0 Å². The second-order valence-corrected chi connectivity index (χ2v) is 7.30. The molecule has 28 heavy (non-hydrogen) atoms. The Morgan fingerprint density at radius 1 is 0.964 bits per heavy atom. The van der Waals surface area contributed by atoms with E-state index in [9.17, 15) is 9.90 Å². The van der Waals surface area contributed by atoms with Gasteiger partial charge in [-0.15, -0.1) is 0 Å². The molecule has 1 aliphatic rings. The molecule has 0 aliphatic carbocycles. The van der Waals surface area contributed by atoms with Gasteiger partial charge in [0, 0.05) is 49.4 Å². The maximum Gasteiger partial charge on any atom is 0.254 e. The number of hydrogen-bond acceptors (Lipinski definition) is 4. The van der Waals surface area contributed by atoms with Crippen LogP contribution in [0, 0.1) is 0 Å². The van der Waals surface area contributed by atoms with Crippen LogP contribution in [0.4, 0.5) is 0 Å². The third-order valence-corrected chi connectivity index (χ3v) is 5.37. The first-order chi connectivity index (χ1) is 13.6. The minimum atomic E-state index is -0.810. The van der Waals surface area contributed by atoms with Crippen LogP contribution < -0.4 is 0 Å². The maximum atomic E-state index is 13.2. The molecule has 0 unspecified atom stereocenters. The molecule has 1 amide bonds. The molecule has 5 nitrogen and oxygen atoms in total.